The van der Waals surface area contributed by atoms with Crippen LogP contribution >= 0.6 is 0 Å². The van der Waals surface area contributed by atoms with Crippen LogP contribution < -0.4 is 0 Å². The maximum atomic E-state index is 11.0. The molecule has 10 nitrogen and oxygen atoms in total. The van der Waals surface area contributed by atoms with Gasteiger partial charge in [-0.2, -0.15) is 0 Å². The van der Waals surface area contributed by atoms with Crippen LogP contribution in [0.4, 0.5) is 5.69 Å². The Bertz CT molecular complexity index is 1660. The Morgan fingerprint density at radius 3 is 2.24 bits per heavy atom. The molecular weight excluding hydrogens is 470 g/mol. The van der Waals surface area contributed by atoms with Gasteiger partial charge in [0.25, 0.3) is 5.69 Å². The van der Waals surface area contributed by atoms with E-state index in [9.17, 15) is 10.1 Å². The molecule has 0 unspecified atom stereocenters. The zero-order valence-electron chi connectivity index (χ0n) is 19.4. The number of nitro benzene ring substituents is 1. The van der Waals surface area contributed by atoms with Gasteiger partial charge in [-0.05, 0) is 40.3 Å². The molecule has 180 valence electrons. The van der Waals surface area contributed by atoms with Gasteiger partial charge in [0.05, 0.1) is 17.7 Å². The second-order valence-corrected chi connectivity index (χ2v) is 8.23. The van der Waals surface area contributed by atoms with Gasteiger partial charge in [-0.25, -0.2) is 9.67 Å². The van der Waals surface area contributed by atoms with Crippen LogP contribution in [0.2, 0.25) is 0 Å². The van der Waals surface area contributed by atoms with Gasteiger partial charge in [0, 0.05) is 23.4 Å². The molecule has 3 heterocycles. The fraction of sp³-hybridized carbons (Fsp3) is 0.0370. The maximum Gasteiger partial charge on any atom is 0.269 e. The molecule has 0 fully saturated rings. The number of tetrazole rings is 1. The first-order chi connectivity index (χ1) is 18.2. The summed E-state index contributed by atoms with van der Waals surface area (Å²) in [6, 6.07) is 29.8. The number of aromatic nitrogens is 6. The van der Waals surface area contributed by atoms with Gasteiger partial charge in [0.15, 0.2) is 5.76 Å². The number of nitrogens with zero attached hydrogens (tertiary/aromatic N) is 7. The lowest BCUT2D eigenvalue weighted by Gasteiger charge is -2.11. The number of non-ortho nitro benzene ring substituents is 1. The Kier molecular flexibility index (Phi) is 5.58. The van der Waals surface area contributed by atoms with Crippen molar-refractivity contribution >= 4 is 5.69 Å². The Hall–Kier alpha value is -5.38. The van der Waals surface area contributed by atoms with E-state index in [2.05, 4.69) is 15.5 Å². The van der Waals surface area contributed by atoms with Crippen molar-refractivity contribution in [1.82, 2.24) is 29.8 Å². The van der Waals surface area contributed by atoms with Gasteiger partial charge in [0.2, 0.25) is 5.82 Å². The average Bonchev–Trinajstić information content (AvgIpc) is 3.70. The molecule has 0 saturated heterocycles. The molecule has 0 saturated carbocycles. The molecule has 10 heteroatoms. The molecule has 6 rings (SSSR count). The van der Waals surface area contributed by atoms with Crippen LogP contribution in [0.3, 0.4) is 0 Å². The minimum atomic E-state index is -0.427. The van der Waals surface area contributed by atoms with E-state index >= 15 is 0 Å². The summed E-state index contributed by atoms with van der Waals surface area (Å²) in [6.07, 6.45) is 1.61. The third kappa shape index (κ3) is 4.16. The highest BCUT2D eigenvalue weighted by Gasteiger charge is 2.27. The van der Waals surface area contributed by atoms with Gasteiger partial charge in [-0.1, -0.05) is 60.7 Å². The second kappa shape index (κ2) is 9.34. The third-order valence-electron chi connectivity index (χ3n) is 5.90. The predicted octanol–water partition coefficient (Wildman–Crippen LogP) is 5.41. The molecule has 0 N–H and O–H groups in total. The van der Waals surface area contributed by atoms with E-state index in [4.69, 9.17) is 9.40 Å². The van der Waals surface area contributed by atoms with Crippen molar-refractivity contribution in [2.75, 3.05) is 0 Å². The maximum absolute atomic E-state index is 11.0. The highest BCUT2D eigenvalue weighted by atomic mass is 16.6. The SMILES string of the molecule is O=[N+]([O-])c1ccc(Cn2nnnc2-c2nc(-c3ccccc3)n(-c3ccccc3)c2-c2ccco2)cc1. The topological polar surface area (TPSA) is 118 Å². The van der Waals surface area contributed by atoms with Crippen molar-refractivity contribution in [2.45, 2.75) is 6.54 Å². The molecule has 0 aliphatic heterocycles. The van der Waals surface area contributed by atoms with E-state index in [-0.39, 0.29) is 5.69 Å². The number of furan rings is 1. The van der Waals surface area contributed by atoms with E-state index in [0.717, 1.165) is 16.8 Å². The van der Waals surface area contributed by atoms with Gasteiger partial charge in [-0.15, -0.1) is 5.10 Å². The van der Waals surface area contributed by atoms with Gasteiger partial charge < -0.3 is 4.42 Å². The number of para-hydroxylation sites is 1. The van der Waals surface area contributed by atoms with Crippen molar-refractivity contribution in [2.24, 2.45) is 0 Å². The van der Waals surface area contributed by atoms with Gasteiger partial charge in [0.1, 0.15) is 17.2 Å². The van der Waals surface area contributed by atoms with Crippen molar-refractivity contribution < 1.29 is 9.34 Å². The Morgan fingerprint density at radius 2 is 1.57 bits per heavy atom. The monoisotopic (exact) mass is 489 g/mol. The van der Waals surface area contributed by atoms with E-state index in [0.29, 0.717) is 35.3 Å². The second-order valence-electron chi connectivity index (χ2n) is 8.23. The lowest BCUT2D eigenvalue weighted by Crippen LogP contribution is -2.05. The number of imidazole rings is 1. The number of rotatable bonds is 7. The first kappa shape index (κ1) is 22.1. The summed E-state index contributed by atoms with van der Waals surface area (Å²) in [5, 5.41) is 23.5. The van der Waals surface area contributed by atoms with Crippen LogP contribution in [0.25, 0.3) is 40.0 Å². The number of hydrogen-bond acceptors (Lipinski definition) is 7. The molecule has 0 aliphatic carbocycles. The standard InChI is InChI=1S/C27H19N7O3/c35-34(36)22-15-13-19(14-16-22)18-32-27(29-30-31-32)24-25(23-12-7-17-37-23)33(21-10-5-2-6-11-21)26(28-24)20-8-3-1-4-9-20/h1-17H,18H2. The fourth-order valence-electron chi connectivity index (χ4n) is 4.20. The summed E-state index contributed by atoms with van der Waals surface area (Å²) >= 11 is 0. The van der Waals surface area contributed by atoms with E-state index in [1.165, 1.54) is 12.1 Å². The Balaban J connectivity index is 1.55. The lowest BCUT2D eigenvalue weighted by atomic mass is 10.2. The Labute approximate surface area is 210 Å². The minimum absolute atomic E-state index is 0.0231. The molecule has 0 aliphatic rings. The lowest BCUT2D eigenvalue weighted by molar-refractivity contribution is -0.384. The van der Waals surface area contributed by atoms with Crippen molar-refractivity contribution in [3.05, 3.63) is 119 Å². The molecule has 0 atom stereocenters. The molecule has 3 aromatic carbocycles. The molecule has 3 aromatic heterocycles. The van der Waals surface area contributed by atoms with Crippen LogP contribution in [0.1, 0.15) is 5.56 Å². The van der Waals surface area contributed by atoms with Crippen LogP contribution in [-0.2, 0) is 6.54 Å². The largest absolute Gasteiger partial charge is 0.463 e. The van der Waals surface area contributed by atoms with Gasteiger partial charge in [-0.3, -0.25) is 14.7 Å². The molecule has 0 spiro atoms. The summed E-state index contributed by atoms with van der Waals surface area (Å²) in [5.74, 6) is 1.76. The quantitative estimate of drug-likeness (QED) is 0.217. The van der Waals surface area contributed by atoms with Crippen LogP contribution in [0, 0.1) is 10.1 Å². The highest BCUT2D eigenvalue weighted by molar-refractivity contribution is 5.79. The summed E-state index contributed by atoms with van der Waals surface area (Å²) in [5.41, 5.74) is 3.90. The fourth-order valence-corrected chi connectivity index (χ4v) is 4.20. The normalized spacial score (nSPS) is 11.0. The van der Waals surface area contributed by atoms with Gasteiger partial charge >= 0.3 is 0 Å². The zero-order valence-corrected chi connectivity index (χ0v) is 19.4. The molecule has 6 aromatic rings. The van der Waals surface area contributed by atoms with Crippen molar-refractivity contribution in [3.63, 3.8) is 0 Å². The number of benzene rings is 3. The smallest absolute Gasteiger partial charge is 0.269 e. The zero-order chi connectivity index (χ0) is 25.2. The summed E-state index contributed by atoms with van der Waals surface area (Å²) in [4.78, 5) is 15.7. The average molecular weight is 489 g/mol. The van der Waals surface area contributed by atoms with Crippen molar-refractivity contribution in [3.8, 4) is 40.0 Å². The number of hydrogen-bond donors (Lipinski definition) is 0. The van der Waals surface area contributed by atoms with E-state index in [1.54, 1.807) is 23.1 Å². The Morgan fingerprint density at radius 1 is 0.838 bits per heavy atom. The molecule has 0 amide bonds. The third-order valence-corrected chi connectivity index (χ3v) is 5.90. The summed E-state index contributed by atoms with van der Waals surface area (Å²) in [7, 11) is 0. The van der Waals surface area contributed by atoms with Crippen LogP contribution in [-0.4, -0.2) is 34.7 Å². The minimum Gasteiger partial charge on any atom is -0.463 e. The molecule has 0 radical (unpaired) electrons. The molecular formula is C27H19N7O3. The molecule has 0 bridgehead atoms. The molecule has 37 heavy (non-hydrogen) atoms. The van der Waals surface area contributed by atoms with Crippen LogP contribution in [0.15, 0.2) is 108 Å². The first-order valence-corrected chi connectivity index (χ1v) is 11.5. The van der Waals surface area contributed by atoms with Crippen LogP contribution in [0.5, 0.6) is 0 Å². The predicted molar refractivity (Wildman–Crippen MR) is 136 cm³/mol. The number of nitro groups is 1. The highest BCUT2D eigenvalue weighted by Crippen LogP contribution is 2.38. The summed E-state index contributed by atoms with van der Waals surface area (Å²) < 4.78 is 9.52. The van der Waals surface area contributed by atoms with E-state index in [1.807, 2.05) is 77.4 Å². The van der Waals surface area contributed by atoms with Crippen molar-refractivity contribution in [1.29, 1.82) is 0 Å². The first-order valence-electron chi connectivity index (χ1n) is 11.5. The van der Waals surface area contributed by atoms with E-state index < -0.39 is 4.92 Å². The summed E-state index contributed by atoms with van der Waals surface area (Å²) in [6.45, 7) is 0.302.